The minimum atomic E-state index is -0.453. The van der Waals surface area contributed by atoms with Crippen LogP contribution >= 0.6 is 0 Å². The number of halogens is 1. The smallest absolute Gasteiger partial charge is 0.262 e. The Morgan fingerprint density at radius 2 is 1.92 bits per heavy atom. The third kappa shape index (κ3) is 5.50. The van der Waals surface area contributed by atoms with Crippen molar-refractivity contribution < 1.29 is 13.9 Å². The number of anilines is 3. The van der Waals surface area contributed by atoms with Crippen molar-refractivity contribution in [1.82, 2.24) is 25.1 Å². The van der Waals surface area contributed by atoms with Gasteiger partial charge < -0.3 is 25.6 Å². The lowest BCUT2D eigenvalue weighted by Crippen LogP contribution is -2.42. The van der Waals surface area contributed by atoms with Gasteiger partial charge in [0, 0.05) is 69.8 Å². The molecule has 1 fully saturated rings. The first-order valence-electron chi connectivity index (χ1n) is 12.5. The predicted molar refractivity (Wildman–Crippen MR) is 141 cm³/mol. The van der Waals surface area contributed by atoms with Gasteiger partial charge in [0.25, 0.3) is 5.91 Å². The Labute approximate surface area is 216 Å². The van der Waals surface area contributed by atoms with E-state index in [9.17, 15) is 4.79 Å². The van der Waals surface area contributed by atoms with Gasteiger partial charge in [-0.3, -0.25) is 9.69 Å². The first-order chi connectivity index (χ1) is 17.9. The molecule has 1 atom stereocenters. The molecule has 1 unspecified atom stereocenters. The van der Waals surface area contributed by atoms with Crippen LogP contribution in [0.2, 0.25) is 0 Å². The van der Waals surface area contributed by atoms with E-state index >= 15 is 4.39 Å². The fourth-order valence-corrected chi connectivity index (χ4v) is 4.66. The molecule has 37 heavy (non-hydrogen) atoms. The van der Waals surface area contributed by atoms with Crippen LogP contribution < -0.4 is 20.7 Å². The number of hydrogen-bond acceptors (Lipinski definition) is 8. The molecule has 1 amide bonds. The van der Waals surface area contributed by atoms with Gasteiger partial charge in [0.15, 0.2) is 17.4 Å². The first-order valence-corrected chi connectivity index (χ1v) is 12.5. The third-order valence-electron chi connectivity index (χ3n) is 6.59. The number of piperazine rings is 1. The Morgan fingerprint density at radius 1 is 1.16 bits per heavy atom. The Balaban J connectivity index is 1.40. The van der Waals surface area contributed by atoms with Crippen LogP contribution in [-0.2, 0) is 13.0 Å². The third-order valence-corrected chi connectivity index (χ3v) is 6.59. The van der Waals surface area contributed by atoms with Crippen LogP contribution in [0.15, 0.2) is 42.7 Å². The molecule has 2 aliphatic heterocycles. The molecule has 3 heterocycles. The Kier molecular flexibility index (Phi) is 7.20. The largest absolute Gasteiger partial charge is 0.435 e. The normalized spacial score (nSPS) is 17.1. The number of nitrogens with zero attached hydrogens (tertiary/aromatic N) is 4. The first kappa shape index (κ1) is 24.9. The van der Waals surface area contributed by atoms with Gasteiger partial charge in [-0.1, -0.05) is 12.1 Å². The van der Waals surface area contributed by atoms with Gasteiger partial charge >= 0.3 is 0 Å². The van der Waals surface area contributed by atoms with E-state index in [1.54, 1.807) is 26.2 Å². The lowest BCUT2D eigenvalue weighted by molar-refractivity contribution is 0.0825. The lowest BCUT2D eigenvalue weighted by Gasteiger charge is -2.27. The van der Waals surface area contributed by atoms with Crippen molar-refractivity contribution in [2.75, 3.05) is 50.9 Å². The molecule has 10 heteroatoms. The van der Waals surface area contributed by atoms with Crippen molar-refractivity contribution in [2.45, 2.75) is 25.9 Å². The monoisotopic (exact) mass is 505 g/mol. The van der Waals surface area contributed by atoms with Gasteiger partial charge in [-0.25, -0.2) is 14.4 Å². The van der Waals surface area contributed by atoms with Gasteiger partial charge in [0.2, 0.25) is 5.88 Å². The van der Waals surface area contributed by atoms with E-state index in [2.05, 4.69) is 43.0 Å². The summed E-state index contributed by atoms with van der Waals surface area (Å²) in [5.41, 5.74) is 3.43. The number of amides is 1. The number of benzene rings is 2. The summed E-state index contributed by atoms with van der Waals surface area (Å²) in [5, 5.41) is 9.83. The number of carbonyl (C=O) groups is 1. The van der Waals surface area contributed by atoms with E-state index in [-0.39, 0.29) is 35.0 Å². The zero-order valence-corrected chi connectivity index (χ0v) is 21.3. The summed E-state index contributed by atoms with van der Waals surface area (Å²) >= 11 is 0. The highest BCUT2D eigenvalue weighted by Gasteiger charge is 2.27. The molecule has 0 aliphatic carbocycles. The van der Waals surface area contributed by atoms with Crippen molar-refractivity contribution in [2.24, 2.45) is 0 Å². The zero-order chi connectivity index (χ0) is 25.9. The Bertz CT molecular complexity index is 1280. The fraction of sp³-hybridized carbons (Fsp3) is 0.370. The van der Waals surface area contributed by atoms with E-state index in [0.29, 0.717) is 12.0 Å². The summed E-state index contributed by atoms with van der Waals surface area (Å²) in [6, 6.07) is 11.5. The molecule has 2 aromatic carbocycles. The van der Waals surface area contributed by atoms with Crippen molar-refractivity contribution in [3.8, 4) is 11.6 Å². The Morgan fingerprint density at radius 3 is 2.65 bits per heavy atom. The molecule has 194 valence electrons. The number of nitrogens with one attached hydrogen (secondary N) is 3. The molecule has 3 N–H and O–H groups in total. The molecule has 9 nitrogen and oxygen atoms in total. The number of aromatic nitrogens is 2. The summed E-state index contributed by atoms with van der Waals surface area (Å²) in [6.07, 6.45) is 1.86. The number of rotatable bonds is 7. The minimum absolute atomic E-state index is 0.00983. The maximum absolute atomic E-state index is 15.3. The van der Waals surface area contributed by atoms with Gasteiger partial charge in [-0.05, 0) is 43.2 Å². The maximum atomic E-state index is 15.3. The predicted octanol–water partition coefficient (Wildman–Crippen LogP) is 3.62. The van der Waals surface area contributed by atoms with Gasteiger partial charge in [-0.15, -0.1) is 0 Å². The molecule has 5 rings (SSSR count). The summed E-state index contributed by atoms with van der Waals surface area (Å²) in [6.45, 7) is 6.95. The summed E-state index contributed by atoms with van der Waals surface area (Å²) in [4.78, 5) is 25.5. The molecule has 1 saturated heterocycles. The number of carbonyl (C=O) groups excluding carboxylic acids is 1. The van der Waals surface area contributed by atoms with E-state index < -0.39 is 5.82 Å². The molecule has 1 aromatic heterocycles. The molecule has 0 bridgehead atoms. The second-order valence-electron chi connectivity index (χ2n) is 9.71. The van der Waals surface area contributed by atoms with E-state index in [4.69, 9.17) is 4.74 Å². The summed E-state index contributed by atoms with van der Waals surface area (Å²) in [5.74, 6) is -0.514. The summed E-state index contributed by atoms with van der Waals surface area (Å²) < 4.78 is 21.2. The van der Waals surface area contributed by atoms with Gasteiger partial charge in [0.05, 0.1) is 0 Å². The fourth-order valence-electron chi connectivity index (χ4n) is 4.66. The van der Waals surface area contributed by atoms with Crippen LogP contribution in [0.3, 0.4) is 0 Å². The van der Waals surface area contributed by atoms with E-state index in [1.165, 1.54) is 16.8 Å². The van der Waals surface area contributed by atoms with Crippen molar-refractivity contribution in [1.29, 1.82) is 0 Å². The number of ether oxygens (including phenoxy) is 1. The molecule has 0 radical (unpaired) electrons. The highest BCUT2D eigenvalue weighted by molar-refractivity contribution is 6.01. The van der Waals surface area contributed by atoms with Crippen molar-refractivity contribution in [3.05, 3.63) is 65.2 Å². The molecule has 0 spiro atoms. The van der Waals surface area contributed by atoms with Crippen molar-refractivity contribution >= 4 is 23.1 Å². The Hall–Kier alpha value is -3.76. The van der Waals surface area contributed by atoms with Crippen LogP contribution in [0.5, 0.6) is 11.6 Å². The topological polar surface area (TPSA) is 94.7 Å². The molecule has 0 saturated carbocycles. The van der Waals surface area contributed by atoms with Crippen LogP contribution in [-0.4, -0.2) is 72.0 Å². The number of fused-ring (bicyclic) bond motifs is 1. The lowest BCUT2D eigenvalue weighted by atomic mass is 10.1. The number of hydrogen-bond donors (Lipinski definition) is 3. The average molecular weight is 506 g/mol. The molecular formula is C27H32FN7O2. The maximum Gasteiger partial charge on any atom is 0.262 e. The quantitative estimate of drug-likeness (QED) is 0.448. The molecule has 2 aliphatic rings. The van der Waals surface area contributed by atoms with E-state index in [0.717, 1.165) is 44.1 Å². The highest BCUT2D eigenvalue weighted by Crippen LogP contribution is 2.37. The highest BCUT2D eigenvalue weighted by atomic mass is 19.1. The van der Waals surface area contributed by atoms with Gasteiger partial charge in [0.1, 0.15) is 11.9 Å². The second kappa shape index (κ2) is 10.7. The van der Waals surface area contributed by atoms with Crippen LogP contribution in [0.1, 0.15) is 28.4 Å². The minimum Gasteiger partial charge on any atom is -0.435 e. The summed E-state index contributed by atoms with van der Waals surface area (Å²) in [7, 11) is 3.27. The van der Waals surface area contributed by atoms with Crippen LogP contribution in [0.25, 0.3) is 0 Å². The van der Waals surface area contributed by atoms with Crippen LogP contribution in [0, 0.1) is 5.82 Å². The molecular weight excluding hydrogens is 473 g/mol. The van der Waals surface area contributed by atoms with Crippen LogP contribution in [0.4, 0.5) is 21.6 Å². The SMILES string of the molecule is CC1Cc2c(ccc(Oc3ncnc(Nc4ccc(CN5CCNCC5)cc4)c3C(=O)N(C)C)c2F)N1. The second-order valence-corrected chi connectivity index (χ2v) is 9.71. The van der Waals surface area contributed by atoms with Gasteiger partial charge in [-0.2, -0.15) is 0 Å². The standard InChI is InChI=1S/C27H32FN7O2/c1-17-14-20-21(32-17)8-9-22(24(20)28)37-26-23(27(36)34(2)3)25(30-16-31-26)33-19-6-4-18(5-7-19)15-35-12-10-29-11-13-35/h4-9,16-17,29,32H,10-15H2,1-3H3,(H,30,31,33). The van der Waals surface area contributed by atoms with E-state index in [1.807, 2.05) is 19.1 Å². The zero-order valence-electron chi connectivity index (χ0n) is 21.3. The van der Waals surface area contributed by atoms with Crippen molar-refractivity contribution in [3.63, 3.8) is 0 Å². The average Bonchev–Trinajstić information content (AvgIpc) is 3.28. The molecule has 3 aromatic rings.